The van der Waals surface area contributed by atoms with Crippen LogP contribution in [0.4, 0.5) is 0 Å². The van der Waals surface area contributed by atoms with Crippen molar-refractivity contribution in [2.75, 3.05) is 39.3 Å². The van der Waals surface area contributed by atoms with Gasteiger partial charge in [0.2, 0.25) is 0 Å². The maximum Gasteiger partial charge on any atom is 0.252 e. The molecule has 4 nitrogen and oxygen atoms in total. The third-order valence-corrected chi connectivity index (χ3v) is 4.25. The van der Waals surface area contributed by atoms with Crippen molar-refractivity contribution < 1.29 is 4.79 Å². The van der Waals surface area contributed by atoms with Crippen molar-refractivity contribution >= 4 is 45.8 Å². The molecule has 0 spiro atoms. The first-order valence-corrected chi connectivity index (χ1v) is 8.00. The Balaban J connectivity index is 0.00000220. The number of benzene rings is 1. The van der Waals surface area contributed by atoms with Crippen molar-refractivity contribution in [3.63, 3.8) is 0 Å². The van der Waals surface area contributed by atoms with E-state index < -0.39 is 0 Å². The predicted octanol–water partition coefficient (Wildman–Crippen LogP) is 2.55. The molecule has 0 bridgehead atoms. The van der Waals surface area contributed by atoms with E-state index in [-0.39, 0.29) is 18.3 Å². The number of nitrogens with one attached hydrogen (secondary N) is 2. The highest BCUT2D eigenvalue weighted by Crippen LogP contribution is 2.20. The van der Waals surface area contributed by atoms with Crippen molar-refractivity contribution in [3.8, 4) is 0 Å². The van der Waals surface area contributed by atoms with E-state index in [0.29, 0.717) is 17.1 Å². The maximum absolute atomic E-state index is 12.0. The van der Waals surface area contributed by atoms with Gasteiger partial charge >= 0.3 is 0 Å². The van der Waals surface area contributed by atoms with E-state index in [1.54, 1.807) is 18.2 Å². The smallest absolute Gasteiger partial charge is 0.252 e. The number of nitrogens with zero attached hydrogens (tertiary/aromatic N) is 1. The van der Waals surface area contributed by atoms with E-state index in [9.17, 15) is 4.79 Å². The third-order valence-electron chi connectivity index (χ3n) is 3.32. The Labute approximate surface area is 145 Å². The average molecular weight is 397 g/mol. The van der Waals surface area contributed by atoms with Crippen molar-refractivity contribution in [1.82, 2.24) is 15.5 Å². The lowest BCUT2D eigenvalue weighted by Crippen LogP contribution is -2.44. The van der Waals surface area contributed by atoms with Gasteiger partial charge in [0.1, 0.15) is 0 Å². The largest absolute Gasteiger partial charge is 0.352 e. The molecular formula is C14H20BrCl2N3O. The topological polar surface area (TPSA) is 44.4 Å². The van der Waals surface area contributed by atoms with Crippen molar-refractivity contribution in [2.45, 2.75) is 6.42 Å². The Morgan fingerprint density at radius 1 is 1.38 bits per heavy atom. The summed E-state index contributed by atoms with van der Waals surface area (Å²) >= 11 is 9.28. The molecule has 0 atom stereocenters. The standard InChI is InChI=1S/C14H19BrClN3O.ClH/c15-13-3-2-11(16)10-12(13)14(20)18-4-1-7-19-8-5-17-6-9-19;/h2-3,10,17H,1,4-9H2,(H,18,20);1H. The second kappa shape index (κ2) is 9.64. The molecule has 21 heavy (non-hydrogen) atoms. The SMILES string of the molecule is Cl.O=C(NCCCN1CCNCC1)c1cc(Cl)ccc1Br. The third kappa shape index (κ3) is 6.12. The van der Waals surface area contributed by atoms with E-state index in [1.807, 2.05) is 0 Å². The van der Waals surface area contributed by atoms with Crippen LogP contribution in [0, 0.1) is 0 Å². The summed E-state index contributed by atoms with van der Waals surface area (Å²) < 4.78 is 0.765. The summed E-state index contributed by atoms with van der Waals surface area (Å²) in [5, 5.41) is 6.83. The van der Waals surface area contributed by atoms with E-state index in [2.05, 4.69) is 31.5 Å². The minimum absolute atomic E-state index is 0. The minimum Gasteiger partial charge on any atom is -0.352 e. The summed E-state index contributed by atoms with van der Waals surface area (Å²) in [7, 11) is 0. The summed E-state index contributed by atoms with van der Waals surface area (Å²) in [6.45, 7) is 6.01. The van der Waals surface area contributed by atoms with Gasteiger partial charge in [0.05, 0.1) is 5.56 Å². The summed E-state index contributed by atoms with van der Waals surface area (Å²) in [6.07, 6.45) is 0.962. The Bertz CT molecular complexity index is 468. The monoisotopic (exact) mass is 395 g/mol. The van der Waals surface area contributed by atoms with Gasteiger partial charge in [-0.05, 0) is 47.1 Å². The first-order valence-electron chi connectivity index (χ1n) is 6.83. The van der Waals surface area contributed by atoms with Crippen LogP contribution in [0.2, 0.25) is 5.02 Å². The Kier molecular flexibility index (Phi) is 8.59. The molecular weight excluding hydrogens is 377 g/mol. The van der Waals surface area contributed by atoms with E-state index in [0.717, 1.165) is 43.6 Å². The Morgan fingerprint density at radius 3 is 2.81 bits per heavy atom. The van der Waals surface area contributed by atoms with Gasteiger partial charge in [-0.25, -0.2) is 0 Å². The number of hydrogen-bond donors (Lipinski definition) is 2. The normalized spacial score (nSPS) is 15.3. The fraction of sp³-hybridized carbons (Fsp3) is 0.500. The molecule has 0 radical (unpaired) electrons. The zero-order chi connectivity index (χ0) is 14.4. The summed E-state index contributed by atoms with van der Waals surface area (Å²) in [5.41, 5.74) is 0.583. The van der Waals surface area contributed by atoms with Crippen LogP contribution in [0.15, 0.2) is 22.7 Å². The van der Waals surface area contributed by atoms with Crippen molar-refractivity contribution in [2.24, 2.45) is 0 Å². The molecule has 0 aliphatic carbocycles. The van der Waals surface area contributed by atoms with Gasteiger partial charge in [-0.15, -0.1) is 12.4 Å². The lowest BCUT2D eigenvalue weighted by Gasteiger charge is -2.27. The highest BCUT2D eigenvalue weighted by atomic mass is 79.9. The Hall–Kier alpha value is -0.330. The van der Waals surface area contributed by atoms with E-state index in [1.165, 1.54) is 0 Å². The average Bonchev–Trinajstić information content (AvgIpc) is 2.47. The van der Waals surface area contributed by atoms with Gasteiger partial charge in [0.15, 0.2) is 0 Å². The van der Waals surface area contributed by atoms with Gasteiger partial charge in [0, 0.05) is 42.2 Å². The fourth-order valence-electron chi connectivity index (χ4n) is 2.21. The number of carbonyl (C=O) groups excluding carboxylic acids is 1. The van der Waals surface area contributed by atoms with Gasteiger partial charge in [0.25, 0.3) is 5.91 Å². The maximum atomic E-state index is 12.0. The van der Waals surface area contributed by atoms with Crippen molar-refractivity contribution in [3.05, 3.63) is 33.3 Å². The van der Waals surface area contributed by atoms with Gasteiger partial charge in [-0.3, -0.25) is 4.79 Å². The van der Waals surface area contributed by atoms with Crippen LogP contribution in [0.5, 0.6) is 0 Å². The van der Waals surface area contributed by atoms with Crippen LogP contribution < -0.4 is 10.6 Å². The molecule has 2 N–H and O–H groups in total. The molecule has 1 aromatic rings. The van der Waals surface area contributed by atoms with Gasteiger partial charge in [-0.1, -0.05) is 11.6 Å². The fourth-order valence-corrected chi connectivity index (χ4v) is 2.80. The van der Waals surface area contributed by atoms with E-state index >= 15 is 0 Å². The van der Waals surface area contributed by atoms with Crippen LogP contribution in [-0.2, 0) is 0 Å². The van der Waals surface area contributed by atoms with E-state index in [4.69, 9.17) is 11.6 Å². The molecule has 1 fully saturated rings. The molecule has 0 saturated carbocycles. The van der Waals surface area contributed by atoms with Crippen LogP contribution in [0.3, 0.4) is 0 Å². The summed E-state index contributed by atoms with van der Waals surface area (Å²) in [4.78, 5) is 14.5. The first-order chi connectivity index (χ1) is 9.66. The minimum atomic E-state index is -0.0836. The molecule has 7 heteroatoms. The first kappa shape index (κ1) is 18.7. The summed E-state index contributed by atoms with van der Waals surface area (Å²) in [6, 6.07) is 5.22. The molecule has 2 rings (SSSR count). The zero-order valence-corrected chi connectivity index (χ0v) is 14.9. The van der Waals surface area contributed by atoms with Crippen molar-refractivity contribution in [1.29, 1.82) is 0 Å². The highest BCUT2D eigenvalue weighted by Gasteiger charge is 2.11. The highest BCUT2D eigenvalue weighted by molar-refractivity contribution is 9.10. The number of piperazine rings is 1. The molecule has 1 aliphatic rings. The van der Waals surface area contributed by atoms with Crippen LogP contribution in [0.25, 0.3) is 0 Å². The van der Waals surface area contributed by atoms with Crippen LogP contribution in [-0.4, -0.2) is 50.1 Å². The molecule has 118 valence electrons. The second-order valence-electron chi connectivity index (χ2n) is 4.83. The number of carbonyl (C=O) groups is 1. The molecule has 0 unspecified atom stereocenters. The molecule has 1 aromatic carbocycles. The number of amides is 1. The van der Waals surface area contributed by atoms with Crippen LogP contribution >= 0.6 is 39.9 Å². The number of hydrogen-bond acceptors (Lipinski definition) is 3. The lowest BCUT2D eigenvalue weighted by molar-refractivity contribution is 0.0950. The molecule has 1 heterocycles. The van der Waals surface area contributed by atoms with Gasteiger partial charge < -0.3 is 15.5 Å². The number of rotatable bonds is 5. The molecule has 1 saturated heterocycles. The van der Waals surface area contributed by atoms with Gasteiger partial charge in [-0.2, -0.15) is 0 Å². The molecule has 0 aromatic heterocycles. The lowest BCUT2D eigenvalue weighted by atomic mass is 10.2. The quantitative estimate of drug-likeness (QED) is 0.751. The zero-order valence-electron chi connectivity index (χ0n) is 11.7. The predicted molar refractivity (Wildman–Crippen MR) is 92.7 cm³/mol. The molecule has 1 amide bonds. The number of halogens is 3. The van der Waals surface area contributed by atoms with Crippen LogP contribution in [0.1, 0.15) is 16.8 Å². The second-order valence-corrected chi connectivity index (χ2v) is 6.12. The summed E-state index contributed by atoms with van der Waals surface area (Å²) in [5.74, 6) is -0.0836. The molecule has 1 aliphatic heterocycles. The Morgan fingerprint density at radius 2 is 2.10 bits per heavy atom.